The first-order chi connectivity index (χ1) is 11.7. The number of carbonyl (C=O) groups excluding carboxylic acids is 1. The maximum Gasteiger partial charge on any atom is 0.251 e. The molecule has 132 valence electrons. The molecule has 0 aliphatic rings. The number of nitrogens with one attached hydrogen (secondary N) is 1. The summed E-state index contributed by atoms with van der Waals surface area (Å²) in [4.78, 5) is 14.4. The fourth-order valence-corrected chi connectivity index (χ4v) is 1.74. The summed E-state index contributed by atoms with van der Waals surface area (Å²) in [5.74, 6) is -0.104. The summed E-state index contributed by atoms with van der Waals surface area (Å²) in [5.41, 5.74) is 9.83. The standard InChI is InChI=1S/C16H24N4O4/c1-14-2-4-15(5-3-14)16(21)18-6-8-22-10-12-24-13-11-23-9-7-19-20-17/h2-5H,6-13H2,1H3,(H,18,21). The Hall–Kier alpha value is -2.12. The van der Waals surface area contributed by atoms with Crippen LogP contribution in [0.15, 0.2) is 29.4 Å². The number of carbonyl (C=O) groups is 1. The van der Waals surface area contributed by atoms with Gasteiger partial charge in [-0.05, 0) is 24.6 Å². The van der Waals surface area contributed by atoms with Crippen molar-refractivity contribution in [1.82, 2.24) is 5.32 Å². The summed E-state index contributed by atoms with van der Waals surface area (Å²) in [6.07, 6.45) is 0. The molecule has 1 aromatic carbocycles. The Bertz CT molecular complexity index is 515. The van der Waals surface area contributed by atoms with Crippen molar-refractivity contribution in [3.05, 3.63) is 45.8 Å². The zero-order valence-corrected chi connectivity index (χ0v) is 13.9. The number of azide groups is 1. The SMILES string of the molecule is Cc1ccc(C(=O)NCCOCCOCCOCCN=[N+]=[N-])cc1. The van der Waals surface area contributed by atoms with E-state index < -0.39 is 0 Å². The van der Waals surface area contributed by atoms with Crippen molar-refractivity contribution >= 4 is 5.91 Å². The van der Waals surface area contributed by atoms with E-state index in [0.717, 1.165) is 5.56 Å². The Balaban J connectivity index is 1.89. The predicted octanol–water partition coefficient (Wildman–Crippen LogP) is 2.08. The molecule has 8 heteroatoms. The van der Waals surface area contributed by atoms with Gasteiger partial charge in [0.05, 0.1) is 39.6 Å². The van der Waals surface area contributed by atoms with E-state index in [9.17, 15) is 4.79 Å². The van der Waals surface area contributed by atoms with Crippen LogP contribution in [-0.2, 0) is 14.2 Å². The summed E-state index contributed by atoms with van der Waals surface area (Å²) in [7, 11) is 0. The van der Waals surface area contributed by atoms with Crippen LogP contribution in [0, 0.1) is 6.92 Å². The van der Waals surface area contributed by atoms with Gasteiger partial charge in [0.25, 0.3) is 5.91 Å². The summed E-state index contributed by atoms with van der Waals surface area (Å²) >= 11 is 0. The minimum Gasteiger partial charge on any atom is -0.379 e. The number of amides is 1. The Morgan fingerprint density at radius 3 is 2.25 bits per heavy atom. The van der Waals surface area contributed by atoms with Gasteiger partial charge in [-0.3, -0.25) is 4.79 Å². The van der Waals surface area contributed by atoms with Gasteiger partial charge in [-0.1, -0.05) is 22.8 Å². The van der Waals surface area contributed by atoms with Crippen LogP contribution in [0.25, 0.3) is 10.4 Å². The topological polar surface area (TPSA) is 106 Å². The highest BCUT2D eigenvalue weighted by Crippen LogP contribution is 2.02. The highest BCUT2D eigenvalue weighted by Gasteiger charge is 2.03. The van der Waals surface area contributed by atoms with E-state index in [-0.39, 0.29) is 5.91 Å². The summed E-state index contributed by atoms with van der Waals surface area (Å²) in [5, 5.41) is 6.14. The second kappa shape index (κ2) is 13.3. The molecule has 0 atom stereocenters. The minimum atomic E-state index is -0.104. The molecular formula is C16H24N4O4. The molecule has 24 heavy (non-hydrogen) atoms. The molecule has 0 saturated heterocycles. The van der Waals surface area contributed by atoms with Gasteiger partial charge in [-0.15, -0.1) is 0 Å². The monoisotopic (exact) mass is 336 g/mol. The van der Waals surface area contributed by atoms with Gasteiger partial charge in [-0.25, -0.2) is 0 Å². The molecule has 8 nitrogen and oxygen atoms in total. The normalized spacial score (nSPS) is 10.2. The van der Waals surface area contributed by atoms with Gasteiger partial charge in [0.2, 0.25) is 0 Å². The highest BCUT2D eigenvalue weighted by atomic mass is 16.5. The van der Waals surface area contributed by atoms with Crippen molar-refractivity contribution < 1.29 is 19.0 Å². The molecule has 0 spiro atoms. The quantitative estimate of drug-likeness (QED) is 0.258. The lowest BCUT2D eigenvalue weighted by atomic mass is 10.1. The Morgan fingerprint density at radius 2 is 1.62 bits per heavy atom. The van der Waals surface area contributed by atoms with E-state index in [4.69, 9.17) is 19.7 Å². The molecule has 1 aromatic rings. The van der Waals surface area contributed by atoms with Crippen LogP contribution in [0.3, 0.4) is 0 Å². The van der Waals surface area contributed by atoms with Gasteiger partial charge in [0, 0.05) is 23.6 Å². The second-order valence-corrected chi connectivity index (χ2v) is 4.91. The summed E-state index contributed by atoms with van der Waals surface area (Å²) in [6.45, 7) is 5.42. The molecule has 0 aliphatic heterocycles. The first-order valence-corrected chi connectivity index (χ1v) is 7.83. The first kappa shape index (κ1) is 19.9. The molecule has 1 amide bonds. The molecule has 0 aromatic heterocycles. The minimum absolute atomic E-state index is 0.104. The van der Waals surface area contributed by atoms with E-state index in [1.54, 1.807) is 12.1 Å². The zero-order valence-electron chi connectivity index (χ0n) is 13.9. The third-order valence-electron chi connectivity index (χ3n) is 2.99. The number of nitrogens with zero attached hydrogens (tertiary/aromatic N) is 3. The van der Waals surface area contributed by atoms with Crippen molar-refractivity contribution in [2.45, 2.75) is 6.92 Å². The number of hydrogen-bond donors (Lipinski definition) is 1. The smallest absolute Gasteiger partial charge is 0.251 e. The number of hydrogen-bond acceptors (Lipinski definition) is 5. The van der Waals surface area contributed by atoms with Crippen LogP contribution in [0.2, 0.25) is 0 Å². The maximum atomic E-state index is 11.8. The average Bonchev–Trinajstić information content (AvgIpc) is 2.59. The van der Waals surface area contributed by atoms with Crippen LogP contribution in [0.4, 0.5) is 0 Å². The van der Waals surface area contributed by atoms with E-state index in [1.807, 2.05) is 19.1 Å². The molecule has 0 saturated carbocycles. The number of benzene rings is 1. The molecule has 0 aliphatic carbocycles. The van der Waals surface area contributed by atoms with Crippen molar-refractivity contribution in [3.8, 4) is 0 Å². The molecule has 0 heterocycles. The maximum absolute atomic E-state index is 11.8. The van der Waals surface area contributed by atoms with Crippen molar-refractivity contribution in [3.63, 3.8) is 0 Å². The van der Waals surface area contributed by atoms with E-state index in [0.29, 0.717) is 58.3 Å². The zero-order chi connectivity index (χ0) is 17.5. The molecule has 0 radical (unpaired) electrons. The van der Waals surface area contributed by atoms with Crippen molar-refractivity contribution in [2.75, 3.05) is 52.7 Å². The van der Waals surface area contributed by atoms with Gasteiger partial charge >= 0.3 is 0 Å². The second-order valence-electron chi connectivity index (χ2n) is 4.91. The Morgan fingerprint density at radius 1 is 1.04 bits per heavy atom. The van der Waals surface area contributed by atoms with E-state index >= 15 is 0 Å². The van der Waals surface area contributed by atoms with Crippen LogP contribution in [0.1, 0.15) is 15.9 Å². The van der Waals surface area contributed by atoms with Crippen LogP contribution in [0.5, 0.6) is 0 Å². The number of ether oxygens (including phenoxy) is 3. The van der Waals surface area contributed by atoms with Gasteiger partial charge in [-0.2, -0.15) is 0 Å². The average molecular weight is 336 g/mol. The lowest BCUT2D eigenvalue weighted by Gasteiger charge is -2.08. The van der Waals surface area contributed by atoms with Crippen LogP contribution >= 0.6 is 0 Å². The van der Waals surface area contributed by atoms with Gasteiger partial charge < -0.3 is 19.5 Å². The fourth-order valence-electron chi connectivity index (χ4n) is 1.74. The Labute approximate surface area is 141 Å². The van der Waals surface area contributed by atoms with E-state index in [1.165, 1.54) is 0 Å². The fraction of sp³-hybridized carbons (Fsp3) is 0.562. The van der Waals surface area contributed by atoms with E-state index in [2.05, 4.69) is 15.3 Å². The van der Waals surface area contributed by atoms with Crippen molar-refractivity contribution in [2.24, 2.45) is 5.11 Å². The lowest BCUT2D eigenvalue weighted by molar-refractivity contribution is 0.0166. The molecule has 0 bridgehead atoms. The van der Waals surface area contributed by atoms with Crippen LogP contribution in [-0.4, -0.2) is 58.6 Å². The van der Waals surface area contributed by atoms with Gasteiger partial charge in [0.15, 0.2) is 0 Å². The molecule has 0 fully saturated rings. The van der Waals surface area contributed by atoms with Gasteiger partial charge in [0.1, 0.15) is 0 Å². The number of rotatable bonds is 13. The lowest BCUT2D eigenvalue weighted by Crippen LogP contribution is -2.27. The molecule has 0 unspecified atom stereocenters. The summed E-state index contributed by atoms with van der Waals surface area (Å²) < 4.78 is 15.8. The largest absolute Gasteiger partial charge is 0.379 e. The molecule has 1 rings (SSSR count). The van der Waals surface area contributed by atoms with Crippen LogP contribution < -0.4 is 5.32 Å². The van der Waals surface area contributed by atoms with Crippen molar-refractivity contribution in [1.29, 1.82) is 0 Å². The molecule has 1 N–H and O–H groups in total. The predicted molar refractivity (Wildman–Crippen MR) is 90.0 cm³/mol. The third-order valence-corrected chi connectivity index (χ3v) is 2.99. The summed E-state index contributed by atoms with van der Waals surface area (Å²) in [6, 6.07) is 7.41. The number of aryl methyl sites for hydroxylation is 1. The third kappa shape index (κ3) is 9.81. The Kier molecular flexibility index (Phi) is 11.1. The first-order valence-electron chi connectivity index (χ1n) is 7.83. The highest BCUT2D eigenvalue weighted by molar-refractivity contribution is 5.94. The molecular weight excluding hydrogens is 312 g/mol.